The molecule has 1 aliphatic carbocycles. The molecule has 4 rings (SSSR count). The molecule has 0 bridgehead atoms. The Labute approximate surface area is 220 Å². The van der Waals surface area contributed by atoms with Gasteiger partial charge < -0.3 is 20.5 Å². The number of alkyl halides is 3. The van der Waals surface area contributed by atoms with Crippen LogP contribution in [0.25, 0.3) is 5.52 Å². The first-order valence-corrected chi connectivity index (χ1v) is 12.2. The lowest BCUT2D eigenvalue weighted by atomic mass is 9.95. The molecular weight excluding hydrogens is 527 g/mol. The number of aryl methyl sites for hydroxylation is 1. The molecule has 3 N–H and O–H groups in total. The molecule has 1 saturated carbocycles. The standard InChI is InChI=1S/C26H27F5N4O4/c1-14-10-19-21(23(36)32-13-25(2,33-24(37)38)8-9-26(29,30)31)22(15-6-7-15)34-35(19)20(11-14)39-12-16-17(27)4-3-5-18(16)28/h3-5,10-11,15,33H,6-9,12-13H2,1-2H3,(H,32,36)(H,37,38). The SMILES string of the molecule is Cc1cc(OCc2c(F)cccc2F)n2nc(C3CC3)c(C(=O)NCC(C)(CCC(F)(F)F)NC(=O)O)c2c1. The van der Waals surface area contributed by atoms with Crippen molar-refractivity contribution in [3.63, 3.8) is 0 Å². The molecule has 1 aliphatic rings. The van der Waals surface area contributed by atoms with Crippen LogP contribution in [0, 0.1) is 18.6 Å². The Bertz CT molecular complexity index is 1380. The van der Waals surface area contributed by atoms with Crippen LogP contribution >= 0.6 is 0 Å². The van der Waals surface area contributed by atoms with E-state index in [1.54, 1.807) is 19.1 Å². The first-order chi connectivity index (χ1) is 18.3. The molecular formula is C26H27F5N4O4. The molecule has 1 fully saturated rings. The highest BCUT2D eigenvalue weighted by molar-refractivity contribution is 6.02. The molecule has 2 heterocycles. The van der Waals surface area contributed by atoms with Crippen molar-refractivity contribution in [3.05, 3.63) is 64.4 Å². The Hall–Kier alpha value is -3.90. The van der Waals surface area contributed by atoms with E-state index in [9.17, 15) is 31.5 Å². The van der Waals surface area contributed by atoms with Gasteiger partial charge in [0.2, 0.25) is 5.88 Å². The van der Waals surface area contributed by atoms with Crippen molar-refractivity contribution < 1.29 is 41.4 Å². The van der Waals surface area contributed by atoms with E-state index in [0.29, 0.717) is 16.8 Å². The van der Waals surface area contributed by atoms with Crippen LogP contribution in [-0.2, 0) is 6.61 Å². The number of aromatic nitrogens is 2. The quantitative estimate of drug-likeness (QED) is 0.288. The molecule has 3 aromatic rings. The predicted octanol–water partition coefficient (Wildman–Crippen LogP) is 5.48. The summed E-state index contributed by atoms with van der Waals surface area (Å²) in [5.74, 6) is -2.09. The molecule has 0 radical (unpaired) electrons. The van der Waals surface area contributed by atoms with Crippen LogP contribution in [0.3, 0.4) is 0 Å². The average molecular weight is 555 g/mol. The molecule has 1 unspecified atom stereocenters. The zero-order valence-electron chi connectivity index (χ0n) is 21.2. The van der Waals surface area contributed by atoms with Gasteiger partial charge in [-0.3, -0.25) is 4.79 Å². The fourth-order valence-corrected chi connectivity index (χ4v) is 4.29. The number of rotatable bonds is 10. The summed E-state index contributed by atoms with van der Waals surface area (Å²) in [4.78, 5) is 24.6. The van der Waals surface area contributed by atoms with E-state index < -0.39 is 61.3 Å². The Balaban J connectivity index is 1.63. The van der Waals surface area contributed by atoms with Gasteiger partial charge in [0.25, 0.3) is 5.91 Å². The lowest BCUT2D eigenvalue weighted by Gasteiger charge is -2.30. The topological polar surface area (TPSA) is 105 Å². The number of hydrogen-bond donors (Lipinski definition) is 3. The van der Waals surface area contributed by atoms with Crippen LogP contribution in [0.15, 0.2) is 30.3 Å². The number of amides is 2. The minimum Gasteiger partial charge on any atom is -0.473 e. The fourth-order valence-electron chi connectivity index (χ4n) is 4.29. The number of carboxylic acid groups (broad SMARTS) is 1. The minimum absolute atomic E-state index is 0.0309. The van der Waals surface area contributed by atoms with Crippen molar-refractivity contribution in [2.75, 3.05) is 6.54 Å². The van der Waals surface area contributed by atoms with Gasteiger partial charge in [0, 0.05) is 24.9 Å². The first kappa shape index (κ1) is 28.1. The zero-order chi connectivity index (χ0) is 28.5. The third kappa shape index (κ3) is 6.76. The van der Waals surface area contributed by atoms with Gasteiger partial charge in [-0.2, -0.15) is 22.8 Å². The van der Waals surface area contributed by atoms with E-state index in [1.807, 2.05) is 0 Å². The van der Waals surface area contributed by atoms with Crippen molar-refractivity contribution in [3.8, 4) is 5.88 Å². The van der Waals surface area contributed by atoms with E-state index in [1.165, 1.54) is 17.5 Å². The number of pyridine rings is 1. The highest BCUT2D eigenvalue weighted by Crippen LogP contribution is 2.42. The average Bonchev–Trinajstić information content (AvgIpc) is 3.60. The number of nitrogens with zero attached hydrogens (tertiary/aromatic N) is 2. The Kier molecular flexibility index (Phi) is 7.71. The molecule has 8 nitrogen and oxygen atoms in total. The molecule has 2 amide bonds. The Morgan fingerprint density at radius 2 is 1.82 bits per heavy atom. The second-order valence-electron chi connectivity index (χ2n) is 9.98. The molecule has 0 saturated heterocycles. The molecule has 1 aromatic carbocycles. The lowest BCUT2D eigenvalue weighted by molar-refractivity contribution is -0.138. The van der Waals surface area contributed by atoms with Crippen LogP contribution < -0.4 is 15.4 Å². The molecule has 2 aromatic heterocycles. The van der Waals surface area contributed by atoms with E-state index >= 15 is 0 Å². The lowest BCUT2D eigenvalue weighted by Crippen LogP contribution is -2.53. The smallest absolute Gasteiger partial charge is 0.405 e. The third-order valence-electron chi connectivity index (χ3n) is 6.50. The Morgan fingerprint density at radius 3 is 2.41 bits per heavy atom. The van der Waals surface area contributed by atoms with Gasteiger partial charge in [0.1, 0.15) is 18.2 Å². The molecule has 210 valence electrons. The van der Waals surface area contributed by atoms with Crippen LogP contribution in [-0.4, -0.2) is 45.0 Å². The number of halogens is 5. The van der Waals surface area contributed by atoms with Gasteiger partial charge in [0.15, 0.2) is 0 Å². The number of fused-ring (bicyclic) bond motifs is 1. The Morgan fingerprint density at radius 1 is 1.15 bits per heavy atom. The van der Waals surface area contributed by atoms with E-state index in [2.05, 4.69) is 15.7 Å². The van der Waals surface area contributed by atoms with E-state index in [0.717, 1.165) is 25.0 Å². The number of nitrogens with one attached hydrogen (secondary N) is 2. The largest absolute Gasteiger partial charge is 0.473 e. The van der Waals surface area contributed by atoms with E-state index in [-0.39, 0.29) is 22.9 Å². The van der Waals surface area contributed by atoms with Gasteiger partial charge in [-0.15, -0.1) is 0 Å². The maximum atomic E-state index is 14.1. The van der Waals surface area contributed by atoms with Gasteiger partial charge >= 0.3 is 12.3 Å². The van der Waals surface area contributed by atoms with E-state index in [4.69, 9.17) is 9.84 Å². The fraction of sp³-hybridized carbons (Fsp3) is 0.423. The summed E-state index contributed by atoms with van der Waals surface area (Å²) in [5, 5.41) is 18.3. The molecule has 0 spiro atoms. The molecule has 1 atom stereocenters. The summed E-state index contributed by atoms with van der Waals surface area (Å²) in [7, 11) is 0. The van der Waals surface area contributed by atoms with Crippen molar-refractivity contribution in [1.82, 2.24) is 20.2 Å². The van der Waals surface area contributed by atoms with Crippen LogP contribution in [0.2, 0.25) is 0 Å². The maximum absolute atomic E-state index is 14.1. The van der Waals surface area contributed by atoms with Crippen molar-refractivity contribution in [1.29, 1.82) is 0 Å². The number of benzene rings is 1. The summed E-state index contributed by atoms with van der Waals surface area (Å²) in [6, 6.07) is 6.72. The highest BCUT2D eigenvalue weighted by atomic mass is 19.4. The minimum atomic E-state index is -4.51. The summed E-state index contributed by atoms with van der Waals surface area (Å²) < 4.78 is 73.8. The molecule has 39 heavy (non-hydrogen) atoms. The number of carbonyl (C=O) groups is 2. The van der Waals surface area contributed by atoms with Crippen LogP contribution in [0.1, 0.15) is 65.7 Å². The number of hydrogen-bond acceptors (Lipinski definition) is 4. The van der Waals surface area contributed by atoms with Crippen molar-refractivity contribution in [2.24, 2.45) is 0 Å². The monoisotopic (exact) mass is 554 g/mol. The zero-order valence-corrected chi connectivity index (χ0v) is 21.2. The second kappa shape index (κ2) is 10.7. The summed E-state index contributed by atoms with van der Waals surface area (Å²) >= 11 is 0. The van der Waals surface area contributed by atoms with Gasteiger partial charge in [0.05, 0.1) is 27.9 Å². The van der Waals surface area contributed by atoms with Crippen LogP contribution in [0.5, 0.6) is 5.88 Å². The predicted molar refractivity (Wildman–Crippen MR) is 130 cm³/mol. The van der Waals surface area contributed by atoms with Crippen LogP contribution in [0.4, 0.5) is 26.7 Å². The maximum Gasteiger partial charge on any atom is 0.405 e. The third-order valence-corrected chi connectivity index (χ3v) is 6.50. The van der Waals surface area contributed by atoms with Crippen molar-refractivity contribution >= 4 is 17.5 Å². The summed E-state index contributed by atoms with van der Waals surface area (Å²) in [6.07, 6.45) is -6.32. The summed E-state index contributed by atoms with van der Waals surface area (Å²) in [5.41, 5.74) is -0.246. The second-order valence-corrected chi connectivity index (χ2v) is 9.98. The van der Waals surface area contributed by atoms with Crippen molar-refractivity contribution in [2.45, 2.75) is 63.8 Å². The highest BCUT2D eigenvalue weighted by Gasteiger charge is 2.37. The summed E-state index contributed by atoms with van der Waals surface area (Å²) in [6.45, 7) is 2.17. The molecule has 0 aliphatic heterocycles. The first-order valence-electron chi connectivity index (χ1n) is 12.2. The normalized spacial score (nSPS) is 15.2. The number of carbonyl (C=O) groups excluding carboxylic acids is 1. The van der Waals surface area contributed by atoms with Gasteiger partial charge in [-0.1, -0.05) is 6.07 Å². The molecule has 13 heteroatoms. The van der Waals surface area contributed by atoms with Gasteiger partial charge in [-0.05, 0) is 56.9 Å². The van der Waals surface area contributed by atoms with Gasteiger partial charge in [-0.25, -0.2) is 13.6 Å². The number of ether oxygens (including phenoxy) is 1.